The molecule has 1 saturated carbocycles. The molecule has 1 amide bonds. The van der Waals surface area contributed by atoms with Gasteiger partial charge in [0.2, 0.25) is 5.91 Å². The number of carbonyl (C=O) groups excluding carboxylic acids is 1. The minimum atomic E-state index is -0.191. The van der Waals surface area contributed by atoms with E-state index in [0.717, 1.165) is 29.5 Å². The summed E-state index contributed by atoms with van der Waals surface area (Å²) in [6, 6.07) is 27.8. The van der Waals surface area contributed by atoms with Gasteiger partial charge < -0.3 is 10.4 Å². The molecule has 0 unspecified atom stereocenters. The average molecular weight is 429 g/mol. The summed E-state index contributed by atoms with van der Waals surface area (Å²) in [4.78, 5) is 15.6. The SMILES string of the molecule is O=C(CN(Cc1ccccc1O)C1CCCCC1)NC(c1ccccc1)c1ccccc1. The monoisotopic (exact) mass is 428 g/mol. The Kier molecular flexibility index (Phi) is 7.57. The molecule has 3 aromatic rings. The maximum atomic E-state index is 13.3. The van der Waals surface area contributed by atoms with E-state index in [2.05, 4.69) is 34.5 Å². The first kappa shape index (κ1) is 22.1. The van der Waals surface area contributed by atoms with Crippen molar-refractivity contribution in [3.05, 3.63) is 102 Å². The van der Waals surface area contributed by atoms with Gasteiger partial charge in [-0.3, -0.25) is 9.69 Å². The Balaban J connectivity index is 1.52. The fraction of sp³-hybridized carbons (Fsp3) is 0.321. The summed E-state index contributed by atoms with van der Waals surface area (Å²) in [5, 5.41) is 13.6. The standard InChI is InChI=1S/C28H32N2O2/c31-26-19-11-10-16-24(26)20-30(25-17-8-3-9-18-25)21-27(32)29-28(22-12-4-1-5-13-22)23-14-6-2-7-15-23/h1-2,4-7,10-16,19,25,28,31H,3,8-9,17-18,20-21H2,(H,29,32). The van der Waals surface area contributed by atoms with Crippen LogP contribution in [0.2, 0.25) is 0 Å². The average Bonchev–Trinajstić information content (AvgIpc) is 2.85. The van der Waals surface area contributed by atoms with E-state index >= 15 is 0 Å². The lowest BCUT2D eigenvalue weighted by atomic mass is 9.93. The number of nitrogens with zero attached hydrogens (tertiary/aromatic N) is 1. The number of aromatic hydroxyl groups is 1. The highest BCUT2D eigenvalue weighted by molar-refractivity contribution is 5.79. The normalized spacial score (nSPS) is 14.6. The topological polar surface area (TPSA) is 52.6 Å². The van der Waals surface area contributed by atoms with Crippen molar-refractivity contribution in [3.8, 4) is 5.75 Å². The van der Waals surface area contributed by atoms with Crippen molar-refractivity contribution in [1.82, 2.24) is 10.2 Å². The maximum Gasteiger partial charge on any atom is 0.234 e. The van der Waals surface area contributed by atoms with Crippen molar-refractivity contribution in [3.63, 3.8) is 0 Å². The molecule has 0 aliphatic heterocycles. The molecule has 0 radical (unpaired) electrons. The Morgan fingerprint density at radius 3 is 2.00 bits per heavy atom. The quantitative estimate of drug-likeness (QED) is 0.503. The summed E-state index contributed by atoms with van der Waals surface area (Å²) < 4.78 is 0. The molecule has 32 heavy (non-hydrogen) atoms. The van der Waals surface area contributed by atoms with E-state index < -0.39 is 0 Å². The first-order chi connectivity index (χ1) is 15.7. The Labute approximate surface area is 190 Å². The molecular weight excluding hydrogens is 396 g/mol. The predicted octanol–water partition coefficient (Wildman–Crippen LogP) is 5.43. The van der Waals surface area contributed by atoms with Gasteiger partial charge in [-0.1, -0.05) is 98.1 Å². The minimum absolute atomic E-state index is 0.00343. The number of benzene rings is 3. The number of para-hydroxylation sites is 1. The number of nitrogens with one attached hydrogen (secondary N) is 1. The molecule has 4 nitrogen and oxygen atoms in total. The van der Waals surface area contributed by atoms with Gasteiger partial charge in [0.25, 0.3) is 0 Å². The molecule has 1 aliphatic carbocycles. The first-order valence-corrected chi connectivity index (χ1v) is 11.6. The van der Waals surface area contributed by atoms with E-state index in [9.17, 15) is 9.90 Å². The maximum absolute atomic E-state index is 13.3. The number of phenolic OH excluding ortho intramolecular Hbond substituents is 1. The molecule has 3 aromatic carbocycles. The van der Waals surface area contributed by atoms with Gasteiger partial charge in [0.05, 0.1) is 12.6 Å². The molecule has 0 spiro atoms. The molecule has 4 heteroatoms. The molecule has 0 heterocycles. The molecular formula is C28H32N2O2. The van der Waals surface area contributed by atoms with Crippen molar-refractivity contribution in [2.75, 3.05) is 6.54 Å². The number of rotatable bonds is 8. The zero-order chi connectivity index (χ0) is 22.2. The van der Waals surface area contributed by atoms with Gasteiger partial charge in [-0.2, -0.15) is 0 Å². The van der Waals surface area contributed by atoms with Crippen LogP contribution in [0.5, 0.6) is 5.75 Å². The van der Waals surface area contributed by atoms with Crippen LogP contribution in [-0.4, -0.2) is 28.5 Å². The number of hydrogen-bond acceptors (Lipinski definition) is 3. The molecule has 0 aromatic heterocycles. The van der Waals surface area contributed by atoms with Crippen LogP contribution in [0, 0.1) is 0 Å². The lowest BCUT2D eigenvalue weighted by Crippen LogP contribution is -2.44. The first-order valence-electron chi connectivity index (χ1n) is 11.6. The van der Waals surface area contributed by atoms with E-state index in [0.29, 0.717) is 24.9 Å². The van der Waals surface area contributed by atoms with Crippen molar-refractivity contribution >= 4 is 5.91 Å². The highest BCUT2D eigenvalue weighted by Gasteiger charge is 2.25. The van der Waals surface area contributed by atoms with E-state index in [-0.39, 0.29) is 11.9 Å². The second-order valence-electron chi connectivity index (χ2n) is 8.65. The highest BCUT2D eigenvalue weighted by Crippen LogP contribution is 2.27. The number of amides is 1. The fourth-order valence-corrected chi connectivity index (χ4v) is 4.66. The van der Waals surface area contributed by atoms with Crippen LogP contribution < -0.4 is 5.32 Å². The van der Waals surface area contributed by atoms with Crippen LogP contribution in [-0.2, 0) is 11.3 Å². The van der Waals surface area contributed by atoms with Gasteiger partial charge >= 0.3 is 0 Å². The third kappa shape index (κ3) is 5.77. The lowest BCUT2D eigenvalue weighted by molar-refractivity contribution is -0.123. The summed E-state index contributed by atoms with van der Waals surface area (Å²) in [5.74, 6) is 0.295. The summed E-state index contributed by atoms with van der Waals surface area (Å²) in [7, 11) is 0. The number of hydrogen-bond donors (Lipinski definition) is 2. The number of phenols is 1. The van der Waals surface area contributed by atoms with Crippen LogP contribution in [0.4, 0.5) is 0 Å². The van der Waals surface area contributed by atoms with Crippen LogP contribution in [0.1, 0.15) is 54.8 Å². The lowest BCUT2D eigenvalue weighted by Gasteiger charge is -2.34. The van der Waals surface area contributed by atoms with Gasteiger partial charge in [-0.25, -0.2) is 0 Å². The minimum Gasteiger partial charge on any atom is -0.508 e. The van der Waals surface area contributed by atoms with Gasteiger partial charge in [-0.15, -0.1) is 0 Å². The zero-order valence-electron chi connectivity index (χ0n) is 18.5. The smallest absolute Gasteiger partial charge is 0.234 e. The summed E-state index contributed by atoms with van der Waals surface area (Å²) in [6.45, 7) is 0.890. The second kappa shape index (κ2) is 11.0. The Morgan fingerprint density at radius 2 is 1.41 bits per heavy atom. The van der Waals surface area contributed by atoms with E-state index in [1.54, 1.807) is 6.07 Å². The molecule has 0 atom stereocenters. The van der Waals surface area contributed by atoms with Crippen LogP contribution in [0.25, 0.3) is 0 Å². The molecule has 0 saturated heterocycles. The van der Waals surface area contributed by atoms with E-state index in [1.165, 1.54) is 19.3 Å². The van der Waals surface area contributed by atoms with Gasteiger partial charge in [-0.05, 0) is 30.0 Å². The van der Waals surface area contributed by atoms with E-state index in [1.807, 2.05) is 54.6 Å². The molecule has 1 fully saturated rings. The van der Waals surface area contributed by atoms with Gasteiger partial charge in [0.1, 0.15) is 5.75 Å². The molecule has 4 rings (SSSR count). The predicted molar refractivity (Wildman–Crippen MR) is 128 cm³/mol. The summed E-state index contributed by atoms with van der Waals surface area (Å²) in [6.07, 6.45) is 5.85. The highest BCUT2D eigenvalue weighted by atomic mass is 16.3. The zero-order valence-corrected chi connectivity index (χ0v) is 18.5. The Hall–Kier alpha value is -3.11. The van der Waals surface area contributed by atoms with Crippen LogP contribution in [0.3, 0.4) is 0 Å². The van der Waals surface area contributed by atoms with Crippen molar-refractivity contribution < 1.29 is 9.90 Å². The Bertz CT molecular complexity index is 945. The summed E-state index contributed by atoms with van der Waals surface area (Å²) in [5.41, 5.74) is 3.00. The van der Waals surface area contributed by atoms with E-state index in [4.69, 9.17) is 0 Å². The molecule has 2 N–H and O–H groups in total. The molecule has 166 valence electrons. The fourth-order valence-electron chi connectivity index (χ4n) is 4.66. The van der Waals surface area contributed by atoms with Crippen LogP contribution >= 0.6 is 0 Å². The van der Waals surface area contributed by atoms with Gasteiger partial charge in [0.15, 0.2) is 0 Å². The van der Waals surface area contributed by atoms with Crippen molar-refractivity contribution in [2.24, 2.45) is 0 Å². The molecule has 0 bridgehead atoms. The third-order valence-corrected chi connectivity index (χ3v) is 6.37. The summed E-state index contributed by atoms with van der Waals surface area (Å²) >= 11 is 0. The second-order valence-corrected chi connectivity index (χ2v) is 8.65. The third-order valence-electron chi connectivity index (χ3n) is 6.37. The Morgan fingerprint density at radius 1 is 0.844 bits per heavy atom. The largest absolute Gasteiger partial charge is 0.508 e. The van der Waals surface area contributed by atoms with Gasteiger partial charge in [0, 0.05) is 18.2 Å². The molecule has 1 aliphatic rings. The van der Waals surface area contributed by atoms with Crippen molar-refractivity contribution in [1.29, 1.82) is 0 Å². The van der Waals surface area contributed by atoms with Crippen LogP contribution in [0.15, 0.2) is 84.9 Å². The number of carbonyl (C=O) groups is 1. The van der Waals surface area contributed by atoms with Crippen molar-refractivity contribution in [2.45, 2.75) is 50.7 Å².